The van der Waals surface area contributed by atoms with E-state index in [4.69, 9.17) is 15.3 Å². The molecule has 0 atom stereocenters. The molecular formula is C11H18N4O2. The normalized spacial score (nSPS) is 14.7. The number of nitrogens with one attached hydrogen (secondary N) is 1. The highest BCUT2D eigenvalue weighted by molar-refractivity contribution is 5.38. The lowest BCUT2D eigenvalue weighted by molar-refractivity contribution is 0.170. The van der Waals surface area contributed by atoms with Crippen molar-refractivity contribution in [1.82, 2.24) is 9.97 Å². The van der Waals surface area contributed by atoms with E-state index < -0.39 is 0 Å². The van der Waals surface area contributed by atoms with Gasteiger partial charge in [0.1, 0.15) is 11.6 Å². The molecule has 0 spiro atoms. The molecule has 1 aromatic heterocycles. The maximum absolute atomic E-state index is 5.54. The van der Waals surface area contributed by atoms with Crippen LogP contribution in [0, 0.1) is 0 Å². The van der Waals surface area contributed by atoms with Crippen LogP contribution < -0.4 is 16.0 Å². The van der Waals surface area contributed by atoms with E-state index in [9.17, 15) is 0 Å². The van der Waals surface area contributed by atoms with Gasteiger partial charge in [0.25, 0.3) is 0 Å². The zero-order chi connectivity index (χ0) is 12.1. The number of hydrogen-bond acceptors (Lipinski definition) is 6. The zero-order valence-corrected chi connectivity index (χ0v) is 9.98. The van der Waals surface area contributed by atoms with Gasteiger partial charge in [0.2, 0.25) is 5.88 Å². The first-order valence-electron chi connectivity index (χ1n) is 5.81. The van der Waals surface area contributed by atoms with Crippen LogP contribution in [0.25, 0.3) is 0 Å². The number of hydrogen-bond donors (Lipinski definition) is 2. The average molecular weight is 238 g/mol. The van der Waals surface area contributed by atoms with E-state index in [0.29, 0.717) is 30.8 Å². The fraction of sp³-hybridized carbons (Fsp3) is 0.636. The molecule has 17 heavy (non-hydrogen) atoms. The highest BCUT2D eigenvalue weighted by atomic mass is 16.5. The van der Waals surface area contributed by atoms with Crippen LogP contribution in [0.2, 0.25) is 0 Å². The minimum Gasteiger partial charge on any atom is -0.477 e. The molecule has 94 valence electrons. The second-order valence-electron chi connectivity index (χ2n) is 4.06. The monoisotopic (exact) mass is 238 g/mol. The molecule has 0 aromatic carbocycles. The van der Waals surface area contributed by atoms with Crippen molar-refractivity contribution in [2.45, 2.75) is 25.2 Å². The summed E-state index contributed by atoms with van der Waals surface area (Å²) in [4.78, 5) is 8.68. The molecule has 1 heterocycles. The fourth-order valence-electron chi connectivity index (χ4n) is 1.49. The van der Waals surface area contributed by atoms with Gasteiger partial charge in [0, 0.05) is 32.1 Å². The highest BCUT2D eigenvalue weighted by Crippen LogP contribution is 2.38. The second-order valence-corrected chi connectivity index (χ2v) is 4.06. The first-order chi connectivity index (χ1) is 8.33. The summed E-state index contributed by atoms with van der Waals surface area (Å²) in [7, 11) is 1.67. The second kappa shape index (κ2) is 5.79. The third kappa shape index (κ3) is 3.54. The van der Waals surface area contributed by atoms with Crippen LogP contribution in [0.5, 0.6) is 5.88 Å². The van der Waals surface area contributed by atoms with E-state index in [1.807, 2.05) is 0 Å². The Labute approximate surface area is 101 Å². The van der Waals surface area contributed by atoms with Crippen LogP contribution in [-0.4, -0.2) is 30.3 Å². The lowest BCUT2D eigenvalue weighted by atomic mass is 10.4. The van der Waals surface area contributed by atoms with Crippen molar-refractivity contribution in [3.8, 4) is 5.88 Å². The molecule has 1 saturated carbocycles. The Bertz CT molecular complexity index is 368. The molecule has 6 nitrogen and oxygen atoms in total. The van der Waals surface area contributed by atoms with Crippen molar-refractivity contribution in [2.75, 3.05) is 25.7 Å². The van der Waals surface area contributed by atoms with Crippen LogP contribution in [-0.2, 0) is 4.74 Å². The molecular weight excluding hydrogens is 220 g/mol. The summed E-state index contributed by atoms with van der Waals surface area (Å²) in [6.45, 7) is 1.27. The molecule has 6 heteroatoms. The SMILES string of the molecule is COCCCOc1cc(NN)nc(C2CC2)n1. The Balaban J connectivity index is 1.97. The van der Waals surface area contributed by atoms with Gasteiger partial charge in [-0.15, -0.1) is 0 Å². The highest BCUT2D eigenvalue weighted by Gasteiger charge is 2.27. The topological polar surface area (TPSA) is 82.3 Å². The van der Waals surface area contributed by atoms with E-state index in [2.05, 4.69) is 15.4 Å². The van der Waals surface area contributed by atoms with Crippen molar-refractivity contribution in [3.63, 3.8) is 0 Å². The van der Waals surface area contributed by atoms with E-state index >= 15 is 0 Å². The fourth-order valence-corrected chi connectivity index (χ4v) is 1.49. The van der Waals surface area contributed by atoms with Crippen LogP contribution in [0.4, 0.5) is 5.82 Å². The van der Waals surface area contributed by atoms with Crippen molar-refractivity contribution >= 4 is 5.82 Å². The minimum absolute atomic E-state index is 0.477. The third-order valence-corrected chi connectivity index (χ3v) is 2.55. The molecule has 2 rings (SSSR count). The van der Waals surface area contributed by atoms with E-state index in [1.165, 1.54) is 0 Å². The van der Waals surface area contributed by atoms with Crippen molar-refractivity contribution in [1.29, 1.82) is 0 Å². The standard InChI is InChI=1S/C11H18N4O2/c1-16-5-2-6-17-10-7-9(15-12)13-11(14-10)8-3-4-8/h7-8H,2-6,12H2,1H3,(H,13,14,15). The number of ether oxygens (including phenoxy) is 2. The van der Waals surface area contributed by atoms with Gasteiger partial charge in [-0.3, -0.25) is 0 Å². The lowest BCUT2D eigenvalue weighted by Crippen LogP contribution is -2.11. The lowest BCUT2D eigenvalue weighted by Gasteiger charge is -2.08. The number of anilines is 1. The number of nitrogen functional groups attached to an aromatic ring is 1. The molecule has 1 aliphatic rings. The predicted octanol–water partition coefficient (Wildman–Crippen LogP) is 1.05. The van der Waals surface area contributed by atoms with Gasteiger partial charge in [-0.2, -0.15) is 4.98 Å². The van der Waals surface area contributed by atoms with Crippen LogP contribution in [0.1, 0.15) is 31.0 Å². The number of nitrogens with two attached hydrogens (primary N) is 1. The summed E-state index contributed by atoms with van der Waals surface area (Å²) < 4.78 is 10.5. The van der Waals surface area contributed by atoms with Crippen molar-refractivity contribution in [3.05, 3.63) is 11.9 Å². The summed E-state index contributed by atoms with van der Waals surface area (Å²) in [6, 6.07) is 1.71. The van der Waals surface area contributed by atoms with Crippen molar-refractivity contribution < 1.29 is 9.47 Å². The number of aromatic nitrogens is 2. The van der Waals surface area contributed by atoms with E-state index in [-0.39, 0.29) is 0 Å². The molecule has 0 saturated heterocycles. The summed E-state index contributed by atoms with van der Waals surface area (Å²) in [5.41, 5.74) is 2.54. The maximum atomic E-state index is 5.54. The first kappa shape index (κ1) is 12.1. The third-order valence-electron chi connectivity index (χ3n) is 2.55. The van der Waals surface area contributed by atoms with Gasteiger partial charge in [-0.05, 0) is 12.8 Å². The molecule has 1 fully saturated rings. The molecule has 0 bridgehead atoms. The number of rotatable bonds is 7. The van der Waals surface area contributed by atoms with E-state index in [1.54, 1.807) is 13.2 Å². The number of methoxy groups -OCH3 is 1. The van der Waals surface area contributed by atoms with Gasteiger partial charge in [-0.25, -0.2) is 10.8 Å². The Kier molecular flexibility index (Phi) is 4.11. The molecule has 0 amide bonds. The maximum Gasteiger partial charge on any atom is 0.218 e. The van der Waals surface area contributed by atoms with Crippen LogP contribution in [0.3, 0.4) is 0 Å². The smallest absolute Gasteiger partial charge is 0.218 e. The summed E-state index contributed by atoms with van der Waals surface area (Å²) in [5, 5.41) is 0. The quantitative estimate of drug-likeness (QED) is 0.420. The molecule has 1 aliphatic carbocycles. The molecule has 0 unspecified atom stereocenters. The summed E-state index contributed by atoms with van der Waals surface area (Å²) in [6.07, 6.45) is 3.14. The van der Waals surface area contributed by atoms with Gasteiger partial charge in [0.15, 0.2) is 0 Å². The largest absolute Gasteiger partial charge is 0.477 e. The van der Waals surface area contributed by atoms with Gasteiger partial charge < -0.3 is 14.9 Å². The first-order valence-corrected chi connectivity index (χ1v) is 5.81. The van der Waals surface area contributed by atoms with Crippen LogP contribution in [0.15, 0.2) is 6.07 Å². The Hall–Kier alpha value is -1.40. The Morgan fingerprint density at radius 3 is 2.88 bits per heavy atom. The van der Waals surface area contributed by atoms with Gasteiger partial charge >= 0.3 is 0 Å². The van der Waals surface area contributed by atoms with Gasteiger partial charge in [0.05, 0.1) is 6.61 Å². The predicted molar refractivity (Wildman–Crippen MR) is 63.8 cm³/mol. The zero-order valence-electron chi connectivity index (χ0n) is 9.98. The number of hydrazine groups is 1. The molecule has 0 aliphatic heterocycles. The average Bonchev–Trinajstić information content (AvgIpc) is 3.18. The molecule has 1 aromatic rings. The number of nitrogens with zero attached hydrogens (tertiary/aromatic N) is 2. The Morgan fingerprint density at radius 1 is 1.41 bits per heavy atom. The molecule has 3 N–H and O–H groups in total. The van der Waals surface area contributed by atoms with Crippen LogP contribution >= 0.6 is 0 Å². The van der Waals surface area contributed by atoms with Gasteiger partial charge in [-0.1, -0.05) is 0 Å². The van der Waals surface area contributed by atoms with E-state index in [0.717, 1.165) is 25.1 Å². The minimum atomic E-state index is 0.477. The van der Waals surface area contributed by atoms with Crippen molar-refractivity contribution in [2.24, 2.45) is 5.84 Å². The summed E-state index contributed by atoms with van der Waals surface area (Å²) >= 11 is 0. The summed E-state index contributed by atoms with van der Waals surface area (Å²) in [5.74, 6) is 7.84. The Morgan fingerprint density at radius 2 is 2.24 bits per heavy atom. The molecule has 0 radical (unpaired) electrons.